The van der Waals surface area contributed by atoms with Crippen LogP contribution in [0.25, 0.3) is 0 Å². The van der Waals surface area contributed by atoms with E-state index in [0.717, 1.165) is 19.3 Å². The lowest BCUT2D eigenvalue weighted by molar-refractivity contribution is 0.283. The van der Waals surface area contributed by atoms with Crippen molar-refractivity contribution in [2.24, 2.45) is 7.05 Å². The Morgan fingerprint density at radius 1 is 1.50 bits per heavy atom. The highest BCUT2D eigenvalue weighted by molar-refractivity contribution is 5.63. The van der Waals surface area contributed by atoms with Crippen molar-refractivity contribution >= 4 is 11.5 Å². The number of nitrogens with one attached hydrogen (secondary N) is 1. The van der Waals surface area contributed by atoms with E-state index < -0.39 is 11.2 Å². The minimum atomic E-state index is -0.529. The van der Waals surface area contributed by atoms with Crippen LogP contribution in [0.15, 0.2) is 9.59 Å². The molecule has 0 unspecified atom stereocenters. The van der Waals surface area contributed by atoms with Crippen molar-refractivity contribution in [3.8, 4) is 0 Å². The molecule has 18 heavy (non-hydrogen) atoms. The molecule has 0 atom stereocenters. The zero-order valence-electron chi connectivity index (χ0n) is 10.3. The average Bonchev–Trinajstić information content (AvgIpc) is 2.24. The van der Waals surface area contributed by atoms with Crippen LogP contribution in [-0.2, 0) is 7.05 Å². The molecule has 0 aromatic carbocycles. The molecular formula is C11H18N4O3. The Kier molecular flexibility index (Phi) is 3.42. The third-order valence-electron chi connectivity index (χ3n) is 3.49. The van der Waals surface area contributed by atoms with E-state index in [1.165, 1.54) is 11.6 Å². The summed E-state index contributed by atoms with van der Waals surface area (Å²) in [5.41, 5.74) is 5.12. The van der Waals surface area contributed by atoms with Gasteiger partial charge in [-0.3, -0.25) is 14.3 Å². The Hall–Kier alpha value is -1.76. The number of nitrogen functional groups attached to an aromatic ring is 1. The van der Waals surface area contributed by atoms with E-state index in [4.69, 9.17) is 10.8 Å². The van der Waals surface area contributed by atoms with Gasteiger partial charge < -0.3 is 15.7 Å². The van der Waals surface area contributed by atoms with Gasteiger partial charge in [0.05, 0.1) is 6.61 Å². The average molecular weight is 254 g/mol. The predicted molar refractivity (Wildman–Crippen MR) is 68.8 cm³/mol. The Bertz CT molecular complexity index is 544. The molecule has 1 aliphatic carbocycles. The number of hydrogen-bond acceptors (Lipinski definition) is 5. The van der Waals surface area contributed by atoms with Crippen LogP contribution in [0.5, 0.6) is 0 Å². The van der Waals surface area contributed by atoms with Gasteiger partial charge in [-0.15, -0.1) is 0 Å². The zero-order chi connectivity index (χ0) is 13.3. The fourth-order valence-corrected chi connectivity index (χ4v) is 2.19. The Balaban J connectivity index is 2.50. The Morgan fingerprint density at radius 2 is 2.17 bits per heavy atom. The highest BCUT2D eigenvalue weighted by atomic mass is 16.3. The molecule has 1 aromatic rings. The van der Waals surface area contributed by atoms with E-state index in [9.17, 15) is 9.59 Å². The molecule has 100 valence electrons. The van der Waals surface area contributed by atoms with E-state index in [1.807, 2.05) is 0 Å². The van der Waals surface area contributed by atoms with Gasteiger partial charge in [0.15, 0.2) is 0 Å². The van der Waals surface area contributed by atoms with Crippen molar-refractivity contribution in [1.29, 1.82) is 0 Å². The molecule has 2 rings (SSSR count). The lowest BCUT2D eigenvalue weighted by Crippen LogP contribution is -2.46. The second kappa shape index (κ2) is 4.85. The van der Waals surface area contributed by atoms with Gasteiger partial charge in [0.25, 0.3) is 5.56 Å². The summed E-state index contributed by atoms with van der Waals surface area (Å²) < 4.78 is 1.21. The largest absolute Gasteiger partial charge is 0.395 e. The second-order valence-corrected chi connectivity index (χ2v) is 4.55. The minimum absolute atomic E-state index is 0.0573. The quantitative estimate of drug-likeness (QED) is 0.639. The van der Waals surface area contributed by atoms with Gasteiger partial charge in [0, 0.05) is 19.6 Å². The summed E-state index contributed by atoms with van der Waals surface area (Å²) in [6.45, 7) is 0.286. The lowest BCUT2D eigenvalue weighted by atomic mass is 9.91. The molecule has 1 aromatic heterocycles. The minimum Gasteiger partial charge on any atom is -0.395 e. The molecule has 0 bridgehead atoms. The maximum absolute atomic E-state index is 11.9. The van der Waals surface area contributed by atoms with Crippen molar-refractivity contribution in [2.75, 3.05) is 23.8 Å². The summed E-state index contributed by atoms with van der Waals surface area (Å²) in [5, 5.41) is 9.11. The fourth-order valence-electron chi connectivity index (χ4n) is 2.19. The van der Waals surface area contributed by atoms with E-state index >= 15 is 0 Å². The van der Waals surface area contributed by atoms with Crippen molar-refractivity contribution in [1.82, 2.24) is 9.55 Å². The first-order valence-corrected chi connectivity index (χ1v) is 6.02. The van der Waals surface area contributed by atoms with Gasteiger partial charge in [0.2, 0.25) is 0 Å². The monoisotopic (exact) mass is 254 g/mol. The van der Waals surface area contributed by atoms with Crippen LogP contribution in [0.1, 0.15) is 19.3 Å². The van der Waals surface area contributed by atoms with Crippen molar-refractivity contribution in [2.45, 2.75) is 25.3 Å². The molecule has 4 N–H and O–H groups in total. The maximum atomic E-state index is 11.9. The predicted octanol–water partition coefficient (Wildman–Crippen LogP) is -0.993. The number of nitrogens with zero attached hydrogens (tertiary/aromatic N) is 2. The summed E-state index contributed by atoms with van der Waals surface area (Å²) in [7, 11) is 1.51. The van der Waals surface area contributed by atoms with E-state index in [0.29, 0.717) is 6.54 Å². The molecule has 0 spiro atoms. The van der Waals surface area contributed by atoms with Gasteiger partial charge >= 0.3 is 5.69 Å². The Labute approximate surface area is 104 Å². The molecular weight excluding hydrogens is 236 g/mol. The van der Waals surface area contributed by atoms with E-state index in [1.54, 1.807) is 4.90 Å². The summed E-state index contributed by atoms with van der Waals surface area (Å²) in [4.78, 5) is 27.3. The number of aromatic nitrogens is 2. The van der Waals surface area contributed by atoms with Gasteiger partial charge in [-0.1, -0.05) is 0 Å². The number of aromatic amines is 1. The smallest absolute Gasteiger partial charge is 0.329 e. The molecule has 1 fully saturated rings. The zero-order valence-corrected chi connectivity index (χ0v) is 10.3. The van der Waals surface area contributed by atoms with Gasteiger partial charge in [-0.25, -0.2) is 4.79 Å². The highest BCUT2D eigenvalue weighted by Crippen LogP contribution is 2.29. The molecule has 1 saturated carbocycles. The first-order valence-electron chi connectivity index (χ1n) is 6.02. The first kappa shape index (κ1) is 12.7. The van der Waals surface area contributed by atoms with Crippen LogP contribution in [0.3, 0.4) is 0 Å². The third kappa shape index (κ3) is 2.01. The number of anilines is 2. The normalized spacial score (nSPS) is 15.4. The number of rotatable bonds is 4. The molecule has 0 saturated heterocycles. The Morgan fingerprint density at radius 3 is 2.67 bits per heavy atom. The van der Waals surface area contributed by atoms with Crippen LogP contribution in [0.2, 0.25) is 0 Å². The van der Waals surface area contributed by atoms with Crippen molar-refractivity contribution in [3.63, 3.8) is 0 Å². The molecule has 7 heteroatoms. The van der Waals surface area contributed by atoms with Gasteiger partial charge in [-0.2, -0.15) is 0 Å². The number of hydrogen-bond donors (Lipinski definition) is 3. The van der Waals surface area contributed by atoms with Crippen LogP contribution in [-0.4, -0.2) is 33.9 Å². The van der Waals surface area contributed by atoms with Crippen LogP contribution >= 0.6 is 0 Å². The van der Waals surface area contributed by atoms with E-state index in [2.05, 4.69) is 4.98 Å². The number of aliphatic hydroxyl groups excluding tert-OH is 1. The number of nitrogens with two attached hydrogens (primary N) is 1. The molecule has 0 radical (unpaired) electrons. The molecule has 0 aliphatic heterocycles. The highest BCUT2D eigenvalue weighted by Gasteiger charge is 2.28. The van der Waals surface area contributed by atoms with Crippen molar-refractivity contribution < 1.29 is 5.11 Å². The fraction of sp³-hybridized carbons (Fsp3) is 0.636. The summed E-state index contributed by atoms with van der Waals surface area (Å²) in [6, 6.07) is 0.220. The van der Waals surface area contributed by atoms with Crippen LogP contribution < -0.4 is 21.9 Å². The SMILES string of the molecule is Cn1c(N)c(N(CCO)C2CCC2)c(=O)[nH]c1=O. The topological polar surface area (TPSA) is 104 Å². The maximum Gasteiger partial charge on any atom is 0.329 e. The summed E-state index contributed by atoms with van der Waals surface area (Å²) >= 11 is 0. The summed E-state index contributed by atoms with van der Waals surface area (Å²) in [6.07, 6.45) is 3.06. The van der Waals surface area contributed by atoms with Crippen LogP contribution in [0.4, 0.5) is 11.5 Å². The summed E-state index contributed by atoms with van der Waals surface area (Å²) in [5.74, 6) is 0.143. The second-order valence-electron chi connectivity index (χ2n) is 4.55. The molecule has 1 aliphatic rings. The van der Waals surface area contributed by atoms with Crippen molar-refractivity contribution in [3.05, 3.63) is 20.8 Å². The molecule has 0 amide bonds. The van der Waals surface area contributed by atoms with Crippen LogP contribution in [0, 0.1) is 0 Å². The number of H-pyrrole nitrogens is 1. The first-order chi connectivity index (χ1) is 8.56. The molecule has 7 nitrogen and oxygen atoms in total. The van der Waals surface area contributed by atoms with Gasteiger partial charge in [-0.05, 0) is 19.3 Å². The number of aliphatic hydroxyl groups is 1. The van der Waals surface area contributed by atoms with Gasteiger partial charge in [0.1, 0.15) is 11.5 Å². The standard InChI is InChI=1S/C11H18N4O3/c1-14-9(12)8(10(17)13-11(14)18)15(5-6-16)7-3-2-4-7/h7,16H,2-6,12H2,1H3,(H,13,17,18). The third-order valence-corrected chi connectivity index (χ3v) is 3.49. The lowest BCUT2D eigenvalue weighted by Gasteiger charge is -2.38. The van der Waals surface area contributed by atoms with E-state index in [-0.39, 0.29) is 24.2 Å². The molecule has 1 heterocycles.